The molecule has 0 spiro atoms. The molecular formula is C35H47FN6O3. The molecular weight excluding hydrogens is 571 g/mol. The van der Waals surface area contributed by atoms with Crippen LogP contribution in [-0.2, 0) is 13.0 Å². The summed E-state index contributed by atoms with van der Waals surface area (Å²) in [6, 6.07) is 14.3. The highest BCUT2D eigenvalue weighted by Crippen LogP contribution is 2.25. The van der Waals surface area contributed by atoms with Crippen LogP contribution in [0.3, 0.4) is 0 Å². The van der Waals surface area contributed by atoms with Crippen molar-refractivity contribution >= 4 is 16.9 Å². The maximum absolute atomic E-state index is 13.4. The van der Waals surface area contributed by atoms with Crippen LogP contribution in [0.5, 0.6) is 0 Å². The number of fused-ring (bicyclic) bond motifs is 1. The molecule has 1 atom stereocenters. The summed E-state index contributed by atoms with van der Waals surface area (Å²) in [6.45, 7) is 10.2. The Bertz CT molecular complexity index is 1590. The molecule has 4 aromatic rings. The smallest absolute Gasteiger partial charge is 0.264 e. The summed E-state index contributed by atoms with van der Waals surface area (Å²) in [7, 11) is 2.19. The third-order valence-corrected chi connectivity index (χ3v) is 8.78. The van der Waals surface area contributed by atoms with Crippen molar-refractivity contribution in [3.05, 3.63) is 88.4 Å². The number of aliphatic hydroxyl groups is 1. The van der Waals surface area contributed by atoms with E-state index in [9.17, 15) is 19.1 Å². The van der Waals surface area contributed by atoms with Crippen LogP contribution in [0, 0.1) is 5.82 Å². The van der Waals surface area contributed by atoms with E-state index in [-0.39, 0.29) is 18.0 Å². The minimum absolute atomic E-state index is 0.0689. The number of rotatable bonds is 11. The Balaban J connectivity index is 0.00000226. The van der Waals surface area contributed by atoms with E-state index in [1.54, 1.807) is 9.58 Å². The molecule has 2 aromatic carbocycles. The Kier molecular flexibility index (Phi) is 11.6. The zero-order valence-electron chi connectivity index (χ0n) is 27.2. The van der Waals surface area contributed by atoms with E-state index < -0.39 is 11.4 Å². The number of piperidine rings is 1. The topological polar surface area (TPSA) is 96.5 Å². The van der Waals surface area contributed by atoms with Crippen LogP contribution in [0.15, 0.2) is 65.8 Å². The first-order valence-corrected chi connectivity index (χ1v) is 16.2. The molecule has 0 saturated carbocycles. The van der Waals surface area contributed by atoms with Gasteiger partial charge < -0.3 is 14.9 Å². The fourth-order valence-electron chi connectivity index (χ4n) is 5.94. The fourth-order valence-corrected chi connectivity index (χ4v) is 5.94. The molecule has 10 heteroatoms. The predicted molar refractivity (Wildman–Crippen MR) is 176 cm³/mol. The predicted octanol–water partition coefficient (Wildman–Crippen LogP) is 5.47. The number of halogens is 1. The second-order valence-electron chi connectivity index (χ2n) is 11.7. The number of carbonyl (C=O) groups excluding carboxylic acids is 1. The highest BCUT2D eigenvalue weighted by molar-refractivity contribution is 5.94. The van der Waals surface area contributed by atoms with Crippen molar-refractivity contribution in [1.82, 2.24) is 29.1 Å². The number of hydrogen-bond donors (Lipinski definition) is 1. The molecule has 1 aliphatic heterocycles. The number of aromatic nitrogens is 4. The van der Waals surface area contributed by atoms with Gasteiger partial charge in [0, 0.05) is 24.7 Å². The third kappa shape index (κ3) is 8.04. The molecule has 1 aliphatic rings. The number of benzene rings is 2. The first-order valence-electron chi connectivity index (χ1n) is 16.2. The molecule has 1 unspecified atom stereocenters. The van der Waals surface area contributed by atoms with Gasteiger partial charge in [-0.15, -0.1) is 0 Å². The first-order chi connectivity index (χ1) is 21.7. The second kappa shape index (κ2) is 15.4. The SMILES string of the molecule is CC.CCCC(CCc1ccc(-n2ncc3c(=O)n(CC4(O)CCN(C(=O)c5ccc(F)cc5)CC4)cnc32)cc1)N(C)CC. The number of aryl methyl sites for hydroxylation is 1. The summed E-state index contributed by atoms with van der Waals surface area (Å²) in [6.07, 6.45) is 8.08. The van der Waals surface area contributed by atoms with Gasteiger partial charge in [0.05, 0.1) is 24.0 Å². The number of amides is 1. The van der Waals surface area contributed by atoms with Crippen LogP contribution in [0.2, 0.25) is 0 Å². The van der Waals surface area contributed by atoms with Gasteiger partial charge in [-0.05, 0) is 87.7 Å². The van der Waals surface area contributed by atoms with Crippen molar-refractivity contribution in [2.75, 3.05) is 26.7 Å². The van der Waals surface area contributed by atoms with Gasteiger partial charge in [-0.1, -0.05) is 46.2 Å². The van der Waals surface area contributed by atoms with E-state index in [1.165, 1.54) is 59.8 Å². The molecule has 1 amide bonds. The summed E-state index contributed by atoms with van der Waals surface area (Å²) in [5.74, 6) is -0.599. The monoisotopic (exact) mass is 618 g/mol. The lowest BCUT2D eigenvalue weighted by Gasteiger charge is -2.38. The lowest BCUT2D eigenvalue weighted by Crippen LogP contribution is -2.49. The summed E-state index contributed by atoms with van der Waals surface area (Å²) in [5.41, 5.74) is 1.54. The van der Waals surface area contributed by atoms with E-state index in [4.69, 9.17) is 0 Å². The van der Waals surface area contributed by atoms with Crippen LogP contribution in [-0.4, -0.2) is 78.5 Å². The highest BCUT2D eigenvalue weighted by Gasteiger charge is 2.35. The molecule has 1 saturated heterocycles. The maximum Gasteiger partial charge on any atom is 0.264 e. The van der Waals surface area contributed by atoms with Crippen molar-refractivity contribution in [2.24, 2.45) is 0 Å². The Labute approximate surface area is 265 Å². The Hall–Kier alpha value is -3.89. The summed E-state index contributed by atoms with van der Waals surface area (Å²) in [5, 5.41) is 16.1. The van der Waals surface area contributed by atoms with Gasteiger partial charge >= 0.3 is 0 Å². The van der Waals surface area contributed by atoms with E-state index in [1.807, 2.05) is 26.0 Å². The van der Waals surface area contributed by atoms with Gasteiger partial charge in [-0.2, -0.15) is 5.10 Å². The molecule has 45 heavy (non-hydrogen) atoms. The molecule has 0 bridgehead atoms. The van der Waals surface area contributed by atoms with Gasteiger partial charge in [0.25, 0.3) is 11.5 Å². The van der Waals surface area contributed by atoms with Crippen LogP contribution >= 0.6 is 0 Å². The van der Waals surface area contributed by atoms with Crippen LogP contribution < -0.4 is 5.56 Å². The minimum atomic E-state index is -1.16. The van der Waals surface area contributed by atoms with Crippen LogP contribution in [0.1, 0.15) is 75.7 Å². The average Bonchev–Trinajstić information content (AvgIpc) is 3.50. The van der Waals surface area contributed by atoms with Crippen molar-refractivity contribution in [3.8, 4) is 5.69 Å². The second-order valence-corrected chi connectivity index (χ2v) is 11.7. The molecule has 242 valence electrons. The van der Waals surface area contributed by atoms with Crippen LogP contribution in [0.25, 0.3) is 16.7 Å². The lowest BCUT2D eigenvalue weighted by molar-refractivity contribution is -0.0299. The van der Waals surface area contributed by atoms with E-state index >= 15 is 0 Å². The maximum atomic E-state index is 13.4. The zero-order chi connectivity index (χ0) is 32.6. The summed E-state index contributed by atoms with van der Waals surface area (Å²) in [4.78, 5) is 34.8. The van der Waals surface area contributed by atoms with Gasteiger partial charge in [-0.25, -0.2) is 14.1 Å². The zero-order valence-corrected chi connectivity index (χ0v) is 27.2. The Morgan fingerprint density at radius 1 is 1.04 bits per heavy atom. The number of hydrogen-bond acceptors (Lipinski definition) is 6. The van der Waals surface area contributed by atoms with Crippen molar-refractivity contribution in [3.63, 3.8) is 0 Å². The Morgan fingerprint density at radius 2 is 1.71 bits per heavy atom. The van der Waals surface area contributed by atoms with Gasteiger partial charge in [0.15, 0.2) is 5.65 Å². The summed E-state index contributed by atoms with van der Waals surface area (Å²) >= 11 is 0. The number of nitrogens with zero attached hydrogens (tertiary/aromatic N) is 6. The molecule has 3 heterocycles. The Morgan fingerprint density at radius 3 is 2.33 bits per heavy atom. The molecule has 0 radical (unpaired) electrons. The van der Waals surface area contributed by atoms with Crippen LogP contribution in [0.4, 0.5) is 4.39 Å². The summed E-state index contributed by atoms with van der Waals surface area (Å²) < 4.78 is 16.3. The molecule has 1 N–H and O–H groups in total. The minimum Gasteiger partial charge on any atom is -0.388 e. The van der Waals surface area contributed by atoms with Crippen molar-refractivity contribution < 1.29 is 14.3 Å². The fraction of sp³-hybridized carbons (Fsp3) is 0.486. The van der Waals surface area contributed by atoms with Gasteiger partial charge in [0.1, 0.15) is 17.5 Å². The van der Waals surface area contributed by atoms with Crippen molar-refractivity contribution in [2.45, 2.75) is 84.4 Å². The molecule has 0 aliphatic carbocycles. The first kappa shape index (κ1) is 34.0. The molecule has 2 aromatic heterocycles. The van der Waals surface area contributed by atoms with Crippen molar-refractivity contribution in [1.29, 1.82) is 0 Å². The van der Waals surface area contributed by atoms with E-state index in [0.29, 0.717) is 48.6 Å². The normalized spacial score (nSPS) is 15.2. The van der Waals surface area contributed by atoms with E-state index in [2.05, 4.69) is 48.0 Å². The third-order valence-electron chi connectivity index (χ3n) is 8.78. The van der Waals surface area contributed by atoms with Gasteiger partial charge in [0.2, 0.25) is 0 Å². The number of carbonyl (C=O) groups is 1. The lowest BCUT2D eigenvalue weighted by atomic mass is 9.91. The van der Waals surface area contributed by atoms with E-state index in [0.717, 1.165) is 25.1 Å². The standard InChI is InChI=1S/C33H41FN6O3.C2H6/c1-4-6-27(37(3)5-2)14-7-24-8-15-28(16-9-24)40-30-29(21-36-40)32(42)39(23-35-30)22-33(43)17-19-38(20-18-33)31(41)25-10-12-26(34)13-11-25;1-2/h8-13,15-16,21,23,27,43H,4-7,14,17-20,22H2,1-3H3;1-2H3. The quantitative estimate of drug-likeness (QED) is 0.240. The largest absolute Gasteiger partial charge is 0.388 e. The molecule has 9 nitrogen and oxygen atoms in total. The molecule has 1 fully saturated rings. The average molecular weight is 619 g/mol. The number of likely N-dealkylation sites (tertiary alicyclic amines) is 1. The van der Waals surface area contributed by atoms with Gasteiger partial charge in [-0.3, -0.25) is 14.2 Å². The highest BCUT2D eigenvalue weighted by atomic mass is 19.1. The molecule has 5 rings (SSSR count).